The Kier molecular flexibility index (Phi) is 10.4. The van der Waals surface area contributed by atoms with Gasteiger partial charge in [-0.25, -0.2) is 0 Å². The van der Waals surface area contributed by atoms with Gasteiger partial charge in [-0.1, -0.05) is 31.2 Å². The summed E-state index contributed by atoms with van der Waals surface area (Å²) in [5.41, 5.74) is 0. The lowest BCUT2D eigenvalue weighted by molar-refractivity contribution is -0.107. The SMILES string of the molecule is CC/C=C/C/C=C/CCCCC=O. The highest BCUT2D eigenvalue weighted by molar-refractivity contribution is 5.48. The molecule has 0 aliphatic rings. The van der Waals surface area contributed by atoms with Gasteiger partial charge in [-0.05, 0) is 32.1 Å². The minimum absolute atomic E-state index is 0.712. The molecule has 0 heterocycles. The van der Waals surface area contributed by atoms with Crippen LogP contribution in [0.5, 0.6) is 0 Å². The Bertz CT molecular complexity index is 157. The molecule has 0 radical (unpaired) electrons. The van der Waals surface area contributed by atoms with Gasteiger partial charge in [-0.3, -0.25) is 0 Å². The van der Waals surface area contributed by atoms with Crippen molar-refractivity contribution in [3.63, 3.8) is 0 Å². The second-order valence-corrected chi connectivity index (χ2v) is 3.04. The molecular weight excluding hydrogens is 160 g/mol. The van der Waals surface area contributed by atoms with Crippen molar-refractivity contribution in [3.8, 4) is 0 Å². The topological polar surface area (TPSA) is 17.1 Å². The number of rotatable bonds is 8. The monoisotopic (exact) mass is 180 g/mol. The molecule has 1 nitrogen and oxygen atoms in total. The van der Waals surface area contributed by atoms with E-state index in [0.29, 0.717) is 6.42 Å². The van der Waals surface area contributed by atoms with E-state index < -0.39 is 0 Å². The van der Waals surface area contributed by atoms with Gasteiger partial charge in [0.25, 0.3) is 0 Å². The molecule has 0 aromatic carbocycles. The number of carbonyl (C=O) groups excluding carboxylic acids is 1. The molecule has 0 saturated heterocycles. The van der Waals surface area contributed by atoms with Crippen LogP contribution in [0.4, 0.5) is 0 Å². The molecule has 0 atom stereocenters. The number of carbonyl (C=O) groups is 1. The molecule has 0 amide bonds. The highest BCUT2D eigenvalue weighted by atomic mass is 16.1. The van der Waals surface area contributed by atoms with E-state index in [-0.39, 0.29) is 0 Å². The van der Waals surface area contributed by atoms with Crippen LogP contribution in [0.25, 0.3) is 0 Å². The van der Waals surface area contributed by atoms with Gasteiger partial charge >= 0.3 is 0 Å². The van der Waals surface area contributed by atoms with E-state index >= 15 is 0 Å². The van der Waals surface area contributed by atoms with Crippen molar-refractivity contribution in [2.24, 2.45) is 0 Å². The van der Waals surface area contributed by atoms with Crippen LogP contribution in [0.1, 0.15) is 45.4 Å². The zero-order valence-electron chi connectivity index (χ0n) is 8.54. The first-order valence-corrected chi connectivity index (χ1v) is 5.15. The fourth-order valence-electron chi connectivity index (χ4n) is 1.05. The van der Waals surface area contributed by atoms with Crippen LogP contribution >= 0.6 is 0 Å². The van der Waals surface area contributed by atoms with Gasteiger partial charge in [-0.2, -0.15) is 0 Å². The number of hydrogen-bond donors (Lipinski definition) is 0. The predicted molar refractivity (Wildman–Crippen MR) is 57.7 cm³/mol. The summed E-state index contributed by atoms with van der Waals surface area (Å²) >= 11 is 0. The third-order valence-corrected chi connectivity index (χ3v) is 1.78. The van der Waals surface area contributed by atoms with Crippen molar-refractivity contribution in [1.29, 1.82) is 0 Å². The number of unbranched alkanes of at least 4 members (excludes halogenated alkanes) is 3. The maximum atomic E-state index is 9.98. The summed E-state index contributed by atoms with van der Waals surface area (Å²) in [5.74, 6) is 0. The van der Waals surface area contributed by atoms with Crippen molar-refractivity contribution >= 4 is 6.29 Å². The van der Waals surface area contributed by atoms with Gasteiger partial charge in [0.05, 0.1) is 0 Å². The normalized spacial score (nSPS) is 11.5. The second-order valence-electron chi connectivity index (χ2n) is 3.04. The van der Waals surface area contributed by atoms with E-state index in [1.54, 1.807) is 0 Å². The molecule has 0 unspecified atom stereocenters. The average molecular weight is 180 g/mol. The van der Waals surface area contributed by atoms with Gasteiger partial charge in [0.2, 0.25) is 0 Å². The Balaban J connectivity index is 3.12. The third-order valence-electron chi connectivity index (χ3n) is 1.78. The molecule has 0 N–H and O–H groups in total. The highest BCUT2D eigenvalue weighted by Gasteiger charge is 1.83. The van der Waals surface area contributed by atoms with Crippen molar-refractivity contribution in [3.05, 3.63) is 24.3 Å². The van der Waals surface area contributed by atoms with Gasteiger partial charge < -0.3 is 4.79 Å². The summed E-state index contributed by atoms with van der Waals surface area (Å²) in [5, 5.41) is 0. The minimum atomic E-state index is 0.712. The van der Waals surface area contributed by atoms with Gasteiger partial charge in [0, 0.05) is 6.42 Å². The van der Waals surface area contributed by atoms with Crippen LogP contribution in [-0.2, 0) is 4.79 Å². The van der Waals surface area contributed by atoms with E-state index in [4.69, 9.17) is 0 Å². The Hall–Kier alpha value is -0.850. The Morgan fingerprint density at radius 3 is 2.31 bits per heavy atom. The molecule has 0 fully saturated rings. The summed E-state index contributed by atoms with van der Waals surface area (Å²) in [4.78, 5) is 9.98. The molecular formula is C12H20O. The maximum absolute atomic E-state index is 9.98. The molecule has 0 saturated carbocycles. The van der Waals surface area contributed by atoms with E-state index in [0.717, 1.165) is 38.4 Å². The summed E-state index contributed by atoms with van der Waals surface area (Å²) in [7, 11) is 0. The maximum Gasteiger partial charge on any atom is 0.119 e. The van der Waals surface area contributed by atoms with Crippen molar-refractivity contribution in [1.82, 2.24) is 0 Å². The minimum Gasteiger partial charge on any atom is -0.303 e. The van der Waals surface area contributed by atoms with E-state index in [2.05, 4.69) is 31.2 Å². The van der Waals surface area contributed by atoms with E-state index in [1.165, 1.54) is 0 Å². The fourth-order valence-corrected chi connectivity index (χ4v) is 1.05. The first kappa shape index (κ1) is 12.2. The number of aldehydes is 1. The highest BCUT2D eigenvalue weighted by Crippen LogP contribution is 1.99. The van der Waals surface area contributed by atoms with Crippen molar-refractivity contribution < 1.29 is 4.79 Å². The second kappa shape index (κ2) is 11.2. The first-order chi connectivity index (χ1) is 6.41. The molecule has 0 spiro atoms. The van der Waals surface area contributed by atoms with Crippen molar-refractivity contribution in [2.45, 2.75) is 45.4 Å². The first-order valence-electron chi connectivity index (χ1n) is 5.15. The summed E-state index contributed by atoms with van der Waals surface area (Å²) in [6.45, 7) is 2.14. The van der Waals surface area contributed by atoms with Gasteiger partial charge in [0.15, 0.2) is 0 Å². The lowest BCUT2D eigenvalue weighted by Crippen LogP contribution is -1.75. The molecule has 0 aliphatic heterocycles. The van der Waals surface area contributed by atoms with Crippen molar-refractivity contribution in [2.75, 3.05) is 0 Å². The van der Waals surface area contributed by atoms with Crippen LogP contribution in [0.3, 0.4) is 0 Å². The van der Waals surface area contributed by atoms with Gasteiger partial charge in [0.1, 0.15) is 6.29 Å². The summed E-state index contributed by atoms with van der Waals surface area (Å²) in [6, 6.07) is 0. The smallest absolute Gasteiger partial charge is 0.119 e. The van der Waals surface area contributed by atoms with Crippen LogP contribution in [0.15, 0.2) is 24.3 Å². The molecule has 0 aliphatic carbocycles. The summed E-state index contributed by atoms with van der Waals surface area (Å²) < 4.78 is 0. The Labute approximate surface area is 81.5 Å². The van der Waals surface area contributed by atoms with Crippen LogP contribution in [-0.4, -0.2) is 6.29 Å². The molecule has 1 heteroatoms. The molecule has 0 aromatic heterocycles. The largest absolute Gasteiger partial charge is 0.303 e. The molecule has 0 rings (SSSR count). The Morgan fingerprint density at radius 1 is 0.923 bits per heavy atom. The summed E-state index contributed by atoms with van der Waals surface area (Å²) in [6.07, 6.45) is 15.9. The lowest BCUT2D eigenvalue weighted by Gasteiger charge is -1.90. The van der Waals surface area contributed by atoms with Gasteiger partial charge in [-0.15, -0.1) is 0 Å². The quantitative estimate of drug-likeness (QED) is 0.316. The molecule has 74 valence electrons. The molecule has 0 bridgehead atoms. The average Bonchev–Trinajstić information content (AvgIpc) is 2.16. The van der Waals surface area contributed by atoms with E-state index in [9.17, 15) is 4.79 Å². The van der Waals surface area contributed by atoms with Crippen LogP contribution < -0.4 is 0 Å². The lowest BCUT2D eigenvalue weighted by atomic mass is 10.2. The predicted octanol–water partition coefficient (Wildman–Crippen LogP) is 3.66. The standard InChI is InChI=1S/C12H20O/c1-2-3-4-5-6-7-8-9-10-11-12-13/h3-4,6-7,12H,2,5,8-11H2,1H3/b4-3+,7-6+. The zero-order valence-corrected chi connectivity index (χ0v) is 8.54. The zero-order chi connectivity index (χ0) is 9.78. The fraction of sp³-hybridized carbons (Fsp3) is 0.583. The molecule has 13 heavy (non-hydrogen) atoms. The third kappa shape index (κ3) is 11.1. The number of hydrogen-bond acceptors (Lipinski definition) is 1. The van der Waals surface area contributed by atoms with E-state index in [1.807, 2.05) is 0 Å². The number of allylic oxidation sites excluding steroid dienone is 4. The Morgan fingerprint density at radius 2 is 1.62 bits per heavy atom. The van der Waals surface area contributed by atoms with Crippen LogP contribution in [0, 0.1) is 0 Å². The van der Waals surface area contributed by atoms with Crippen LogP contribution in [0.2, 0.25) is 0 Å². The molecule has 0 aromatic rings.